The smallest absolute Gasteiger partial charge is 0.269 e. The van der Waals surface area contributed by atoms with Gasteiger partial charge < -0.3 is 0 Å². The number of fused-ring (bicyclic) bond motifs is 1. The van der Waals surface area contributed by atoms with Crippen molar-refractivity contribution in [3.63, 3.8) is 0 Å². The van der Waals surface area contributed by atoms with E-state index in [9.17, 15) is 4.79 Å². The summed E-state index contributed by atoms with van der Waals surface area (Å²) in [6, 6.07) is 19.3. The van der Waals surface area contributed by atoms with Crippen molar-refractivity contribution < 1.29 is 4.79 Å². The van der Waals surface area contributed by atoms with Crippen molar-refractivity contribution in [2.45, 2.75) is 0 Å². The number of hydrogen-bond acceptors (Lipinski definition) is 2. The lowest BCUT2D eigenvalue weighted by molar-refractivity contribution is 0.0963. The van der Waals surface area contributed by atoms with Crippen molar-refractivity contribution in [1.82, 2.24) is 5.43 Å². The SMILES string of the molecule is O=C(NNc1c(Br)cccc1Br)c1ccc2ccccc2c1. The maximum Gasteiger partial charge on any atom is 0.269 e. The Balaban J connectivity index is 1.79. The van der Waals surface area contributed by atoms with E-state index >= 15 is 0 Å². The van der Waals surface area contributed by atoms with Crippen LogP contribution in [0.4, 0.5) is 5.69 Å². The third-order valence-corrected chi connectivity index (χ3v) is 4.60. The monoisotopic (exact) mass is 418 g/mol. The minimum atomic E-state index is -0.187. The summed E-state index contributed by atoms with van der Waals surface area (Å²) in [5.41, 5.74) is 7.03. The summed E-state index contributed by atoms with van der Waals surface area (Å²) in [5.74, 6) is -0.187. The van der Waals surface area contributed by atoms with E-state index in [0.717, 1.165) is 25.4 Å². The van der Waals surface area contributed by atoms with E-state index in [2.05, 4.69) is 42.7 Å². The molecule has 110 valence electrons. The highest BCUT2D eigenvalue weighted by atomic mass is 79.9. The summed E-state index contributed by atoms with van der Waals surface area (Å²) in [7, 11) is 0. The highest BCUT2D eigenvalue weighted by molar-refractivity contribution is 9.11. The Bertz CT molecular complexity index is 829. The predicted octanol–water partition coefficient (Wildman–Crippen LogP) is 5.12. The summed E-state index contributed by atoms with van der Waals surface area (Å²) < 4.78 is 1.72. The van der Waals surface area contributed by atoms with E-state index in [1.807, 2.05) is 60.7 Å². The Morgan fingerprint density at radius 3 is 2.23 bits per heavy atom. The molecule has 0 heterocycles. The molecule has 0 fully saturated rings. The lowest BCUT2D eigenvalue weighted by Crippen LogP contribution is -2.29. The first kappa shape index (κ1) is 15.1. The highest BCUT2D eigenvalue weighted by Gasteiger charge is 2.08. The van der Waals surface area contributed by atoms with Gasteiger partial charge in [-0.3, -0.25) is 15.6 Å². The van der Waals surface area contributed by atoms with Crippen LogP contribution in [0, 0.1) is 0 Å². The van der Waals surface area contributed by atoms with Gasteiger partial charge in [-0.2, -0.15) is 0 Å². The van der Waals surface area contributed by atoms with Crippen LogP contribution in [0.1, 0.15) is 10.4 Å². The number of rotatable bonds is 3. The first-order valence-electron chi connectivity index (χ1n) is 6.64. The van der Waals surface area contributed by atoms with Gasteiger partial charge in [0.15, 0.2) is 0 Å². The lowest BCUT2D eigenvalue weighted by Gasteiger charge is -2.12. The number of halogens is 2. The fourth-order valence-electron chi connectivity index (χ4n) is 2.14. The normalized spacial score (nSPS) is 10.5. The van der Waals surface area contributed by atoms with Crippen molar-refractivity contribution in [2.75, 3.05) is 5.43 Å². The topological polar surface area (TPSA) is 41.1 Å². The molecule has 2 N–H and O–H groups in total. The van der Waals surface area contributed by atoms with Gasteiger partial charge in [-0.05, 0) is 66.9 Å². The molecule has 0 aromatic heterocycles. The second-order valence-corrected chi connectivity index (χ2v) is 6.45. The number of hydrogen-bond donors (Lipinski definition) is 2. The Morgan fingerprint density at radius 1 is 0.818 bits per heavy atom. The van der Waals surface area contributed by atoms with Gasteiger partial charge in [0, 0.05) is 14.5 Å². The van der Waals surface area contributed by atoms with Crippen molar-refractivity contribution in [1.29, 1.82) is 0 Å². The maximum atomic E-state index is 12.3. The molecule has 0 radical (unpaired) electrons. The van der Waals surface area contributed by atoms with Gasteiger partial charge in [0.05, 0.1) is 5.69 Å². The van der Waals surface area contributed by atoms with Gasteiger partial charge in [-0.15, -0.1) is 0 Å². The number of para-hydroxylation sites is 1. The molecule has 5 heteroatoms. The van der Waals surface area contributed by atoms with Gasteiger partial charge in [0.2, 0.25) is 0 Å². The molecule has 0 aliphatic carbocycles. The van der Waals surface area contributed by atoms with E-state index in [1.54, 1.807) is 0 Å². The van der Waals surface area contributed by atoms with Crippen LogP contribution in [-0.4, -0.2) is 5.91 Å². The van der Waals surface area contributed by atoms with Crippen LogP contribution >= 0.6 is 31.9 Å². The number of carbonyl (C=O) groups excluding carboxylic acids is 1. The van der Waals surface area contributed by atoms with Crippen LogP contribution in [-0.2, 0) is 0 Å². The van der Waals surface area contributed by atoms with Crippen molar-refractivity contribution >= 4 is 54.2 Å². The average molecular weight is 420 g/mol. The first-order valence-corrected chi connectivity index (χ1v) is 8.23. The average Bonchev–Trinajstić information content (AvgIpc) is 2.53. The summed E-state index contributed by atoms with van der Waals surface area (Å²) in [4.78, 5) is 12.3. The second kappa shape index (κ2) is 6.50. The summed E-state index contributed by atoms with van der Waals surface area (Å²) in [6.45, 7) is 0. The molecule has 3 aromatic carbocycles. The highest BCUT2D eigenvalue weighted by Crippen LogP contribution is 2.29. The zero-order chi connectivity index (χ0) is 15.5. The molecule has 0 spiro atoms. The van der Waals surface area contributed by atoms with Crippen LogP contribution in [0.15, 0.2) is 69.6 Å². The third-order valence-electron chi connectivity index (χ3n) is 3.28. The third kappa shape index (κ3) is 3.15. The van der Waals surface area contributed by atoms with Crippen molar-refractivity contribution in [2.24, 2.45) is 0 Å². The Morgan fingerprint density at radius 2 is 1.50 bits per heavy atom. The molecule has 22 heavy (non-hydrogen) atoms. The van der Waals surface area contributed by atoms with Gasteiger partial charge in [-0.1, -0.05) is 36.4 Å². The lowest BCUT2D eigenvalue weighted by atomic mass is 10.1. The molecule has 0 aliphatic rings. The quantitative estimate of drug-likeness (QED) is 0.578. The van der Waals surface area contributed by atoms with Gasteiger partial charge in [-0.25, -0.2) is 0 Å². The number of benzene rings is 3. The molecule has 3 nitrogen and oxygen atoms in total. The molecule has 0 unspecified atom stereocenters. The van der Waals surface area contributed by atoms with Gasteiger partial charge >= 0.3 is 0 Å². The Labute approximate surface area is 145 Å². The fraction of sp³-hybridized carbons (Fsp3) is 0. The summed E-state index contributed by atoms with van der Waals surface area (Å²) in [5, 5.41) is 2.15. The van der Waals surface area contributed by atoms with E-state index in [-0.39, 0.29) is 5.91 Å². The molecule has 0 saturated heterocycles. The minimum absolute atomic E-state index is 0.187. The molecule has 3 rings (SSSR count). The molecular weight excluding hydrogens is 408 g/mol. The van der Waals surface area contributed by atoms with Crippen LogP contribution in [0.3, 0.4) is 0 Å². The van der Waals surface area contributed by atoms with E-state index in [4.69, 9.17) is 0 Å². The van der Waals surface area contributed by atoms with Crippen LogP contribution in [0.2, 0.25) is 0 Å². The zero-order valence-electron chi connectivity index (χ0n) is 11.4. The zero-order valence-corrected chi connectivity index (χ0v) is 14.6. The summed E-state index contributed by atoms with van der Waals surface area (Å²) in [6.07, 6.45) is 0. The number of hydrazine groups is 1. The van der Waals surface area contributed by atoms with Gasteiger partial charge in [0.25, 0.3) is 5.91 Å². The largest absolute Gasteiger partial charge is 0.296 e. The number of nitrogens with one attached hydrogen (secondary N) is 2. The van der Waals surface area contributed by atoms with E-state index in [1.165, 1.54) is 0 Å². The van der Waals surface area contributed by atoms with Crippen LogP contribution in [0.5, 0.6) is 0 Å². The molecule has 0 aliphatic heterocycles. The summed E-state index contributed by atoms with van der Waals surface area (Å²) >= 11 is 6.88. The molecule has 0 bridgehead atoms. The maximum absolute atomic E-state index is 12.3. The molecule has 0 atom stereocenters. The molecular formula is C17H12Br2N2O. The number of anilines is 1. The van der Waals surface area contributed by atoms with E-state index < -0.39 is 0 Å². The van der Waals surface area contributed by atoms with E-state index in [0.29, 0.717) is 5.56 Å². The predicted molar refractivity (Wildman–Crippen MR) is 96.9 cm³/mol. The van der Waals surface area contributed by atoms with Crippen LogP contribution < -0.4 is 10.9 Å². The number of amides is 1. The Kier molecular flexibility index (Phi) is 4.45. The fourth-order valence-corrected chi connectivity index (χ4v) is 3.34. The second-order valence-electron chi connectivity index (χ2n) is 4.74. The van der Waals surface area contributed by atoms with Crippen molar-refractivity contribution in [3.8, 4) is 0 Å². The molecule has 3 aromatic rings. The van der Waals surface area contributed by atoms with Crippen molar-refractivity contribution in [3.05, 3.63) is 75.2 Å². The van der Waals surface area contributed by atoms with Crippen LogP contribution in [0.25, 0.3) is 10.8 Å². The number of carbonyl (C=O) groups is 1. The van der Waals surface area contributed by atoms with Gasteiger partial charge in [0.1, 0.15) is 0 Å². The standard InChI is InChI=1S/C17H12Br2N2O/c18-14-6-3-7-15(19)16(14)20-21-17(22)13-9-8-11-4-1-2-5-12(11)10-13/h1-10,20H,(H,21,22). The molecule has 1 amide bonds. The molecule has 0 saturated carbocycles. The first-order chi connectivity index (χ1) is 10.6. The Hall–Kier alpha value is -1.85. The minimum Gasteiger partial charge on any atom is -0.296 e.